The number of nitrogens with zero attached hydrogens (tertiary/aromatic N) is 3. The molecular formula is C15H24N4O2. The first kappa shape index (κ1) is 13.7. The van der Waals surface area contributed by atoms with E-state index in [2.05, 4.69) is 27.3 Å². The number of hydrogen-bond donors (Lipinski definition) is 1. The smallest absolute Gasteiger partial charge is 0.233 e. The minimum absolute atomic E-state index is 0.0306. The van der Waals surface area contributed by atoms with E-state index in [1.165, 1.54) is 19.4 Å². The molecule has 0 spiro atoms. The van der Waals surface area contributed by atoms with Gasteiger partial charge in [-0.3, -0.25) is 4.90 Å². The van der Waals surface area contributed by atoms with Crippen molar-refractivity contribution in [1.82, 2.24) is 20.4 Å². The normalized spacial score (nSPS) is 37.6. The molecule has 0 bridgehead atoms. The molecule has 0 saturated carbocycles. The maximum absolute atomic E-state index is 5.97. The van der Waals surface area contributed by atoms with Crippen LogP contribution in [0.25, 0.3) is 0 Å². The van der Waals surface area contributed by atoms with Gasteiger partial charge < -0.3 is 14.6 Å². The number of hydrogen-bond acceptors (Lipinski definition) is 6. The number of morpholine rings is 1. The SMILES string of the molecule is CC1(c2nc(C3CN4CCCC4CO3)no2)CCCNC1. The molecule has 3 aliphatic heterocycles. The molecule has 3 fully saturated rings. The molecule has 21 heavy (non-hydrogen) atoms. The lowest BCUT2D eigenvalue weighted by Crippen LogP contribution is -2.43. The van der Waals surface area contributed by atoms with Crippen molar-refractivity contribution in [2.24, 2.45) is 0 Å². The zero-order chi connectivity index (χ0) is 14.3. The van der Waals surface area contributed by atoms with Gasteiger partial charge in [-0.05, 0) is 45.7 Å². The predicted molar refractivity (Wildman–Crippen MR) is 77.0 cm³/mol. The van der Waals surface area contributed by atoms with Crippen molar-refractivity contribution in [3.8, 4) is 0 Å². The van der Waals surface area contributed by atoms with Crippen LogP contribution in [0.2, 0.25) is 0 Å². The summed E-state index contributed by atoms with van der Waals surface area (Å²) in [5, 5.41) is 7.63. The second-order valence-electron chi connectivity index (χ2n) is 6.91. The van der Waals surface area contributed by atoms with Crippen molar-refractivity contribution >= 4 is 0 Å². The number of rotatable bonds is 2. The fourth-order valence-corrected chi connectivity index (χ4v) is 3.82. The van der Waals surface area contributed by atoms with Gasteiger partial charge >= 0.3 is 0 Å². The van der Waals surface area contributed by atoms with E-state index in [1.807, 2.05) is 0 Å². The highest BCUT2D eigenvalue weighted by Gasteiger charge is 2.38. The van der Waals surface area contributed by atoms with Crippen LogP contribution < -0.4 is 5.32 Å². The summed E-state index contributed by atoms with van der Waals surface area (Å²) in [5.74, 6) is 1.49. The first-order valence-corrected chi connectivity index (χ1v) is 8.15. The Morgan fingerprint density at radius 2 is 2.33 bits per heavy atom. The summed E-state index contributed by atoms with van der Waals surface area (Å²) in [4.78, 5) is 7.18. The highest BCUT2D eigenvalue weighted by atomic mass is 16.5. The second kappa shape index (κ2) is 5.34. The lowest BCUT2D eigenvalue weighted by atomic mass is 9.83. The summed E-state index contributed by atoms with van der Waals surface area (Å²) >= 11 is 0. The lowest BCUT2D eigenvalue weighted by molar-refractivity contribution is -0.0548. The average Bonchev–Trinajstić information content (AvgIpc) is 3.17. The van der Waals surface area contributed by atoms with Crippen LogP contribution in [-0.4, -0.2) is 53.9 Å². The van der Waals surface area contributed by atoms with Crippen LogP contribution in [-0.2, 0) is 10.2 Å². The van der Waals surface area contributed by atoms with E-state index in [1.54, 1.807) is 0 Å². The minimum Gasteiger partial charge on any atom is -0.367 e. The number of aromatic nitrogens is 2. The van der Waals surface area contributed by atoms with Gasteiger partial charge in [0, 0.05) is 19.1 Å². The highest BCUT2D eigenvalue weighted by Crippen LogP contribution is 2.32. The molecule has 0 radical (unpaired) electrons. The number of fused-ring (bicyclic) bond motifs is 1. The molecule has 3 saturated heterocycles. The topological polar surface area (TPSA) is 63.4 Å². The molecular weight excluding hydrogens is 268 g/mol. The van der Waals surface area contributed by atoms with E-state index in [0.29, 0.717) is 6.04 Å². The third kappa shape index (κ3) is 2.49. The van der Waals surface area contributed by atoms with Crippen LogP contribution in [0.15, 0.2) is 4.52 Å². The van der Waals surface area contributed by atoms with Crippen molar-refractivity contribution < 1.29 is 9.26 Å². The van der Waals surface area contributed by atoms with Gasteiger partial charge in [-0.1, -0.05) is 5.16 Å². The first-order valence-electron chi connectivity index (χ1n) is 8.15. The number of ether oxygens (including phenoxy) is 1. The Balaban J connectivity index is 1.49. The molecule has 3 atom stereocenters. The van der Waals surface area contributed by atoms with Gasteiger partial charge in [0.25, 0.3) is 0 Å². The van der Waals surface area contributed by atoms with E-state index in [0.717, 1.165) is 50.8 Å². The Kier molecular flexibility index (Phi) is 3.47. The van der Waals surface area contributed by atoms with Gasteiger partial charge in [0.2, 0.25) is 11.7 Å². The number of piperidine rings is 1. The Bertz CT molecular complexity index is 498. The summed E-state index contributed by atoms with van der Waals surface area (Å²) in [6, 6.07) is 0.604. The van der Waals surface area contributed by atoms with Crippen molar-refractivity contribution in [2.45, 2.75) is 50.2 Å². The molecule has 1 aromatic rings. The summed E-state index contributed by atoms with van der Waals surface area (Å²) < 4.78 is 11.5. The third-order valence-electron chi connectivity index (χ3n) is 5.23. The molecule has 1 aromatic heterocycles. The minimum atomic E-state index is -0.0334. The highest BCUT2D eigenvalue weighted by molar-refractivity contribution is 5.08. The Morgan fingerprint density at radius 3 is 3.19 bits per heavy atom. The molecule has 6 nitrogen and oxygen atoms in total. The van der Waals surface area contributed by atoms with Gasteiger partial charge in [0.1, 0.15) is 6.10 Å². The van der Waals surface area contributed by atoms with E-state index in [9.17, 15) is 0 Å². The maximum atomic E-state index is 5.97. The zero-order valence-electron chi connectivity index (χ0n) is 12.7. The van der Waals surface area contributed by atoms with Gasteiger partial charge in [0.05, 0.1) is 12.0 Å². The van der Waals surface area contributed by atoms with Crippen molar-refractivity contribution in [3.63, 3.8) is 0 Å². The van der Waals surface area contributed by atoms with E-state index in [4.69, 9.17) is 9.26 Å². The third-order valence-corrected chi connectivity index (χ3v) is 5.23. The van der Waals surface area contributed by atoms with Crippen LogP contribution in [0.1, 0.15) is 50.4 Å². The van der Waals surface area contributed by atoms with Crippen LogP contribution in [0.5, 0.6) is 0 Å². The van der Waals surface area contributed by atoms with Crippen molar-refractivity contribution in [3.05, 3.63) is 11.7 Å². The largest absolute Gasteiger partial charge is 0.367 e. The summed E-state index contributed by atoms with van der Waals surface area (Å²) in [6.07, 6.45) is 4.76. The molecule has 0 amide bonds. The van der Waals surface area contributed by atoms with Crippen LogP contribution in [0.3, 0.4) is 0 Å². The van der Waals surface area contributed by atoms with E-state index >= 15 is 0 Å². The van der Waals surface area contributed by atoms with Crippen LogP contribution >= 0.6 is 0 Å². The standard InChI is InChI=1S/C15H24N4O2/c1-15(5-3-6-16-10-15)14-17-13(18-21-14)12-8-19-7-2-4-11(19)9-20-12/h11-12,16H,2-10H2,1H3. The molecule has 6 heteroatoms. The molecule has 0 aliphatic carbocycles. The monoisotopic (exact) mass is 292 g/mol. The van der Waals surface area contributed by atoms with E-state index < -0.39 is 0 Å². The van der Waals surface area contributed by atoms with Gasteiger partial charge in [-0.2, -0.15) is 4.98 Å². The Hall–Kier alpha value is -0.980. The summed E-state index contributed by atoms with van der Waals surface area (Å²) in [7, 11) is 0. The Labute approximate surface area is 125 Å². The van der Waals surface area contributed by atoms with E-state index in [-0.39, 0.29) is 11.5 Å². The fraction of sp³-hybridized carbons (Fsp3) is 0.867. The van der Waals surface area contributed by atoms with Gasteiger partial charge in [-0.25, -0.2) is 0 Å². The van der Waals surface area contributed by atoms with Gasteiger partial charge in [-0.15, -0.1) is 0 Å². The van der Waals surface area contributed by atoms with Crippen LogP contribution in [0, 0.1) is 0 Å². The maximum Gasteiger partial charge on any atom is 0.233 e. The molecule has 0 aromatic carbocycles. The second-order valence-corrected chi connectivity index (χ2v) is 6.91. The molecule has 116 valence electrons. The fourth-order valence-electron chi connectivity index (χ4n) is 3.82. The average molecular weight is 292 g/mol. The Morgan fingerprint density at radius 1 is 1.38 bits per heavy atom. The molecule has 4 rings (SSSR count). The molecule has 4 heterocycles. The molecule has 1 N–H and O–H groups in total. The quantitative estimate of drug-likeness (QED) is 0.885. The zero-order valence-corrected chi connectivity index (χ0v) is 12.7. The molecule has 3 aliphatic rings. The van der Waals surface area contributed by atoms with Crippen LogP contribution in [0.4, 0.5) is 0 Å². The first-order chi connectivity index (χ1) is 10.2. The van der Waals surface area contributed by atoms with Crippen molar-refractivity contribution in [2.75, 3.05) is 32.8 Å². The molecule has 3 unspecified atom stereocenters. The lowest BCUT2D eigenvalue weighted by Gasteiger charge is -2.33. The summed E-state index contributed by atoms with van der Waals surface area (Å²) in [6.45, 7) is 7.07. The van der Waals surface area contributed by atoms with Crippen molar-refractivity contribution in [1.29, 1.82) is 0 Å². The summed E-state index contributed by atoms with van der Waals surface area (Å²) in [5.41, 5.74) is -0.0334. The van der Waals surface area contributed by atoms with Gasteiger partial charge in [0.15, 0.2) is 0 Å². The number of nitrogens with one attached hydrogen (secondary N) is 1. The predicted octanol–water partition coefficient (Wildman–Crippen LogP) is 1.25.